The molecule has 0 aliphatic carbocycles. The molecule has 2 aromatic carbocycles. The summed E-state index contributed by atoms with van der Waals surface area (Å²) in [6.07, 6.45) is 10.8. The van der Waals surface area contributed by atoms with Crippen LogP contribution in [-0.2, 0) is 11.2 Å². The number of hydrogen-bond donors (Lipinski definition) is 0. The van der Waals surface area contributed by atoms with Crippen LogP contribution in [0.3, 0.4) is 0 Å². The van der Waals surface area contributed by atoms with Gasteiger partial charge >= 0.3 is 5.97 Å². The molecule has 2 rings (SSSR count). The molecule has 0 atom stereocenters. The van der Waals surface area contributed by atoms with E-state index in [1.54, 1.807) is 13.0 Å². The Kier molecular flexibility index (Phi) is 9.41. The molecule has 0 fully saturated rings. The first-order chi connectivity index (χ1) is 13.1. The van der Waals surface area contributed by atoms with Crippen LogP contribution < -0.4 is 4.74 Å². The summed E-state index contributed by atoms with van der Waals surface area (Å²) in [7, 11) is 0. The van der Waals surface area contributed by atoms with Crippen molar-refractivity contribution in [1.29, 1.82) is 0 Å². The van der Waals surface area contributed by atoms with Crippen molar-refractivity contribution in [2.24, 2.45) is 0 Å². The molecule has 0 saturated heterocycles. The first-order valence-electron chi connectivity index (χ1n) is 10.2. The zero-order valence-electron chi connectivity index (χ0n) is 16.6. The Bertz CT molecular complexity index is 707. The average Bonchev–Trinajstić information content (AvgIpc) is 2.69. The molecule has 3 heteroatoms. The molecular formula is C24H31ClO2. The van der Waals surface area contributed by atoms with Crippen molar-refractivity contribution in [2.75, 3.05) is 0 Å². The van der Waals surface area contributed by atoms with Crippen molar-refractivity contribution >= 4 is 17.6 Å². The molecule has 27 heavy (non-hydrogen) atoms. The van der Waals surface area contributed by atoms with Gasteiger partial charge in [0.15, 0.2) is 0 Å². The maximum absolute atomic E-state index is 11.4. The predicted octanol–water partition coefficient (Wildman–Crippen LogP) is 7.62. The fourth-order valence-corrected chi connectivity index (χ4v) is 3.33. The Labute approximate surface area is 168 Å². The fourth-order valence-electron chi connectivity index (χ4n) is 3.11. The van der Waals surface area contributed by atoms with Gasteiger partial charge in [0.2, 0.25) is 0 Å². The van der Waals surface area contributed by atoms with Gasteiger partial charge in [-0.2, -0.15) is 0 Å². The Morgan fingerprint density at radius 2 is 1.48 bits per heavy atom. The average molecular weight is 387 g/mol. The van der Waals surface area contributed by atoms with E-state index in [0.717, 1.165) is 17.5 Å². The van der Waals surface area contributed by atoms with Crippen molar-refractivity contribution in [1.82, 2.24) is 0 Å². The van der Waals surface area contributed by atoms with Crippen LogP contribution in [0.4, 0.5) is 0 Å². The van der Waals surface area contributed by atoms with Gasteiger partial charge in [-0.3, -0.25) is 4.79 Å². The summed E-state index contributed by atoms with van der Waals surface area (Å²) in [5.41, 5.74) is 3.53. The highest BCUT2D eigenvalue weighted by Gasteiger charge is 2.08. The molecule has 0 saturated carbocycles. The first kappa shape index (κ1) is 21.5. The third-order valence-electron chi connectivity index (χ3n) is 4.80. The van der Waals surface area contributed by atoms with Gasteiger partial charge in [0.05, 0.1) is 5.02 Å². The van der Waals surface area contributed by atoms with E-state index in [4.69, 9.17) is 16.3 Å². The van der Waals surface area contributed by atoms with Gasteiger partial charge in [0.1, 0.15) is 5.75 Å². The van der Waals surface area contributed by atoms with Crippen molar-refractivity contribution < 1.29 is 9.53 Å². The molecule has 2 nitrogen and oxygen atoms in total. The molecule has 0 spiro atoms. The molecular weight excluding hydrogens is 356 g/mol. The SMILES string of the molecule is CCCCCCCCCc1ccc(-c2ccc(OC(=O)CC)c(Cl)c2)cc1. The summed E-state index contributed by atoms with van der Waals surface area (Å²) in [5.74, 6) is 0.141. The van der Waals surface area contributed by atoms with Crippen LogP contribution in [-0.4, -0.2) is 5.97 Å². The number of esters is 1. The number of rotatable bonds is 11. The maximum atomic E-state index is 11.4. The van der Waals surface area contributed by atoms with Gasteiger partial charge in [-0.15, -0.1) is 0 Å². The molecule has 0 heterocycles. The van der Waals surface area contributed by atoms with E-state index in [1.165, 1.54) is 50.5 Å². The van der Waals surface area contributed by atoms with Gasteiger partial charge in [-0.25, -0.2) is 0 Å². The number of carbonyl (C=O) groups is 1. The molecule has 0 amide bonds. The van der Waals surface area contributed by atoms with Gasteiger partial charge in [-0.05, 0) is 41.7 Å². The van der Waals surface area contributed by atoms with Gasteiger partial charge < -0.3 is 4.74 Å². The van der Waals surface area contributed by atoms with Crippen molar-refractivity contribution in [3.8, 4) is 16.9 Å². The smallest absolute Gasteiger partial charge is 0.310 e. The standard InChI is InChI=1S/C24H31ClO2/c1-3-5-6-7-8-9-10-11-19-12-14-20(15-13-19)21-16-17-23(22(25)18-21)27-24(26)4-2/h12-18H,3-11H2,1-2H3. The minimum atomic E-state index is -0.278. The Hall–Kier alpha value is -1.80. The van der Waals surface area contributed by atoms with Gasteiger partial charge in [0, 0.05) is 6.42 Å². The molecule has 0 radical (unpaired) electrons. The summed E-state index contributed by atoms with van der Waals surface area (Å²) < 4.78 is 5.22. The first-order valence-corrected chi connectivity index (χ1v) is 10.6. The van der Waals surface area contributed by atoms with E-state index in [2.05, 4.69) is 31.2 Å². The third kappa shape index (κ3) is 7.38. The summed E-state index contributed by atoms with van der Waals surface area (Å²) in [5, 5.41) is 0.460. The monoisotopic (exact) mass is 386 g/mol. The second-order valence-electron chi connectivity index (χ2n) is 7.04. The van der Waals surface area contributed by atoms with Crippen LogP contribution >= 0.6 is 11.6 Å². The van der Waals surface area contributed by atoms with E-state index in [0.29, 0.717) is 17.2 Å². The predicted molar refractivity (Wildman–Crippen MR) is 115 cm³/mol. The Morgan fingerprint density at radius 1 is 0.852 bits per heavy atom. The van der Waals surface area contributed by atoms with Crippen LogP contribution in [0.2, 0.25) is 5.02 Å². The number of ether oxygens (including phenoxy) is 1. The molecule has 0 aliphatic heterocycles. The van der Waals surface area contributed by atoms with E-state index >= 15 is 0 Å². The van der Waals surface area contributed by atoms with Crippen LogP contribution in [0, 0.1) is 0 Å². The molecule has 146 valence electrons. The van der Waals surface area contributed by atoms with E-state index in [9.17, 15) is 4.79 Å². The topological polar surface area (TPSA) is 26.3 Å². The van der Waals surface area contributed by atoms with Gasteiger partial charge in [0.25, 0.3) is 0 Å². The minimum Gasteiger partial charge on any atom is -0.425 e. The summed E-state index contributed by atoms with van der Waals surface area (Å²) in [4.78, 5) is 11.4. The van der Waals surface area contributed by atoms with Crippen LogP contribution in [0.5, 0.6) is 5.75 Å². The number of unbranched alkanes of at least 4 members (excludes halogenated alkanes) is 6. The lowest BCUT2D eigenvalue weighted by atomic mass is 10.0. The largest absolute Gasteiger partial charge is 0.425 e. The van der Waals surface area contributed by atoms with Crippen molar-refractivity contribution in [2.45, 2.75) is 71.6 Å². The lowest BCUT2D eigenvalue weighted by molar-refractivity contribution is -0.134. The number of halogens is 1. The summed E-state index contributed by atoms with van der Waals surface area (Å²) >= 11 is 6.26. The zero-order chi connectivity index (χ0) is 19.5. The van der Waals surface area contributed by atoms with Crippen LogP contribution in [0.1, 0.15) is 70.8 Å². The zero-order valence-corrected chi connectivity index (χ0v) is 17.4. The highest BCUT2D eigenvalue weighted by molar-refractivity contribution is 6.32. The van der Waals surface area contributed by atoms with E-state index in [1.807, 2.05) is 12.1 Å². The molecule has 0 unspecified atom stereocenters. The highest BCUT2D eigenvalue weighted by atomic mass is 35.5. The summed E-state index contributed by atoms with van der Waals surface area (Å²) in [6, 6.07) is 14.2. The third-order valence-corrected chi connectivity index (χ3v) is 5.10. The van der Waals surface area contributed by atoms with Gasteiger partial charge in [-0.1, -0.05) is 94.3 Å². The molecule has 0 bridgehead atoms. The minimum absolute atomic E-state index is 0.278. The fraction of sp³-hybridized carbons (Fsp3) is 0.458. The number of benzene rings is 2. The number of aryl methyl sites for hydroxylation is 1. The summed E-state index contributed by atoms with van der Waals surface area (Å²) in [6.45, 7) is 4.02. The van der Waals surface area contributed by atoms with Crippen LogP contribution in [0.15, 0.2) is 42.5 Å². The molecule has 2 aromatic rings. The normalized spacial score (nSPS) is 10.8. The second-order valence-corrected chi connectivity index (χ2v) is 7.45. The Morgan fingerprint density at radius 3 is 2.11 bits per heavy atom. The second kappa shape index (κ2) is 11.8. The maximum Gasteiger partial charge on any atom is 0.310 e. The quantitative estimate of drug-likeness (QED) is 0.225. The van der Waals surface area contributed by atoms with Crippen LogP contribution in [0.25, 0.3) is 11.1 Å². The molecule has 0 aliphatic rings. The van der Waals surface area contributed by atoms with Crippen molar-refractivity contribution in [3.05, 3.63) is 53.1 Å². The Balaban J connectivity index is 1.85. The highest BCUT2D eigenvalue weighted by Crippen LogP contribution is 2.31. The number of hydrogen-bond acceptors (Lipinski definition) is 2. The molecule has 0 N–H and O–H groups in total. The lowest BCUT2D eigenvalue weighted by Gasteiger charge is -2.09. The molecule has 0 aromatic heterocycles. The van der Waals surface area contributed by atoms with E-state index < -0.39 is 0 Å². The number of carbonyl (C=O) groups excluding carboxylic acids is 1. The van der Waals surface area contributed by atoms with Crippen molar-refractivity contribution in [3.63, 3.8) is 0 Å². The van der Waals surface area contributed by atoms with E-state index in [-0.39, 0.29) is 5.97 Å². The lowest BCUT2D eigenvalue weighted by Crippen LogP contribution is -2.05.